The van der Waals surface area contributed by atoms with Gasteiger partial charge in [-0.3, -0.25) is 4.72 Å². The van der Waals surface area contributed by atoms with Gasteiger partial charge in [0, 0.05) is 12.2 Å². The molecule has 1 aliphatic heterocycles. The van der Waals surface area contributed by atoms with Crippen molar-refractivity contribution in [3.8, 4) is 0 Å². The van der Waals surface area contributed by atoms with Gasteiger partial charge in [-0.1, -0.05) is 18.6 Å². The first-order valence-corrected chi connectivity index (χ1v) is 8.19. The van der Waals surface area contributed by atoms with Crippen LogP contribution in [0, 0.1) is 0 Å². The van der Waals surface area contributed by atoms with Crippen molar-refractivity contribution in [3.63, 3.8) is 0 Å². The molecule has 0 atom stereocenters. The highest BCUT2D eigenvalue weighted by Crippen LogP contribution is 2.13. The Morgan fingerprint density at radius 1 is 1.11 bits per heavy atom. The minimum absolute atomic E-state index is 0.504. The molecule has 19 heavy (non-hydrogen) atoms. The number of nitrogens with one attached hydrogen (secondary N) is 1. The molecule has 3 N–H and O–H groups in total. The summed E-state index contributed by atoms with van der Waals surface area (Å²) in [5, 5.41) is 4.92. The van der Waals surface area contributed by atoms with Crippen LogP contribution in [0.15, 0.2) is 24.3 Å². The van der Waals surface area contributed by atoms with E-state index < -0.39 is 10.2 Å². The summed E-state index contributed by atoms with van der Waals surface area (Å²) in [7, 11) is -3.68. The van der Waals surface area contributed by atoms with Gasteiger partial charge in [-0.05, 0) is 50.0 Å². The van der Waals surface area contributed by atoms with E-state index in [1.165, 1.54) is 37.9 Å². The summed E-state index contributed by atoms with van der Waals surface area (Å²) in [6.07, 6.45) is 4.95. The van der Waals surface area contributed by atoms with Gasteiger partial charge in [0.25, 0.3) is 10.2 Å². The summed E-state index contributed by atoms with van der Waals surface area (Å²) in [6.45, 7) is 3.47. The predicted octanol–water partition coefficient (Wildman–Crippen LogP) is 1.33. The molecule has 1 aromatic rings. The summed E-state index contributed by atoms with van der Waals surface area (Å²) < 4.78 is 24.0. The molecule has 6 heteroatoms. The van der Waals surface area contributed by atoms with Crippen molar-refractivity contribution in [3.05, 3.63) is 29.8 Å². The number of likely N-dealkylation sites (tertiary alicyclic amines) is 1. The minimum atomic E-state index is -3.68. The monoisotopic (exact) mass is 283 g/mol. The fourth-order valence-corrected chi connectivity index (χ4v) is 2.84. The number of nitrogens with zero attached hydrogens (tertiary/aromatic N) is 1. The van der Waals surface area contributed by atoms with E-state index in [0.717, 1.165) is 13.0 Å². The van der Waals surface area contributed by atoms with Crippen LogP contribution in [-0.2, 0) is 16.6 Å². The molecule has 0 aromatic heterocycles. The molecule has 106 valence electrons. The first-order chi connectivity index (χ1) is 9.03. The average molecular weight is 283 g/mol. The van der Waals surface area contributed by atoms with E-state index in [2.05, 4.69) is 9.62 Å². The van der Waals surface area contributed by atoms with Gasteiger partial charge in [-0.2, -0.15) is 8.42 Å². The molecule has 5 nitrogen and oxygen atoms in total. The molecule has 0 spiro atoms. The molecule has 0 unspecified atom stereocenters. The van der Waals surface area contributed by atoms with Crippen molar-refractivity contribution in [2.24, 2.45) is 5.14 Å². The van der Waals surface area contributed by atoms with E-state index in [4.69, 9.17) is 5.14 Å². The number of piperidine rings is 1. The third kappa shape index (κ3) is 5.18. The Hall–Kier alpha value is -1.11. The highest BCUT2D eigenvalue weighted by Gasteiger charge is 2.09. The maximum atomic E-state index is 10.9. The van der Waals surface area contributed by atoms with E-state index in [1.54, 1.807) is 12.1 Å². The molecule has 1 fully saturated rings. The maximum Gasteiger partial charge on any atom is 0.296 e. The zero-order valence-electron chi connectivity index (χ0n) is 11.0. The third-order valence-electron chi connectivity index (χ3n) is 3.38. The average Bonchev–Trinajstić information content (AvgIpc) is 2.37. The van der Waals surface area contributed by atoms with Gasteiger partial charge in [0.05, 0.1) is 0 Å². The van der Waals surface area contributed by atoms with Gasteiger partial charge in [0.1, 0.15) is 0 Å². The lowest BCUT2D eigenvalue weighted by Crippen LogP contribution is -2.31. The van der Waals surface area contributed by atoms with Crippen LogP contribution in [0.2, 0.25) is 0 Å². The number of benzene rings is 1. The van der Waals surface area contributed by atoms with Gasteiger partial charge in [-0.25, -0.2) is 5.14 Å². The molecule has 0 bridgehead atoms. The summed E-state index contributed by atoms with van der Waals surface area (Å²) in [6, 6.07) is 7.38. The fourth-order valence-electron chi connectivity index (χ4n) is 2.37. The van der Waals surface area contributed by atoms with Crippen LogP contribution >= 0.6 is 0 Å². The zero-order chi connectivity index (χ0) is 13.7. The summed E-state index contributed by atoms with van der Waals surface area (Å²) >= 11 is 0. The summed E-state index contributed by atoms with van der Waals surface area (Å²) in [4.78, 5) is 2.49. The van der Waals surface area contributed by atoms with E-state index in [9.17, 15) is 8.42 Å². The van der Waals surface area contributed by atoms with Gasteiger partial charge >= 0.3 is 0 Å². The Kier molecular flexibility index (Phi) is 4.79. The molecular formula is C13H21N3O2S. The van der Waals surface area contributed by atoms with Crippen molar-refractivity contribution < 1.29 is 8.42 Å². The van der Waals surface area contributed by atoms with Crippen LogP contribution in [-0.4, -0.2) is 33.0 Å². The fraction of sp³-hybridized carbons (Fsp3) is 0.538. The Balaban J connectivity index is 1.84. The van der Waals surface area contributed by atoms with Crippen LogP contribution in [0.4, 0.5) is 5.69 Å². The van der Waals surface area contributed by atoms with Gasteiger partial charge in [-0.15, -0.1) is 0 Å². The van der Waals surface area contributed by atoms with Crippen molar-refractivity contribution in [1.29, 1.82) is 0 Å². The Morgan fingerprint density at radius 2 is 1.74 bits per heavy atom. The Labute approximate surface area is 115 Å². The van der Waals surface area contributed by atoms with Gasteiger partial charge < -0.3 is 4.90 Å². The van der Waals surface area contributed by atoms with Crippen LogP contribution in [0.25, 0.3) is 0 Å². The molecule has 0 aliphatic carbocycles. The van der Waals surface area contributed by atoms with E-state index >= 15 is 0 Å². The second-order valence-corrected chi connectivity index (χ2v) is 6.29. The normalized spacial score (nSPS) is 17.3. The molecule has 1 heterocycles. The van der Waals surface area contributed by atoms with E-state index in [-0.39, 0.29) is 0 Å². The number of rotatable bonds is 5. The lowest BCUT2D eigenvalue weighted by atomic mass is 10.1. The second kappa shape index (κ2) is 6.36. The largest absolute Gasteiger partial charge is 0.303 e. The van der Waals surface area contributed by atoms with Crippen molar-refractivity contribution in [2.75, 3.05) is 24.4 Å². The predicted molar refractivity (Wildman–Crippen MR) is 77.2 cm³/mol. The summed E-state index contributed by atoms with van der Waals surface area (Å²) in [5.74, 6) is 0. The SMILES string of the molecule is NS(=O)(=O)Nc1ccc(CCN2CCCCC2)cc1. The number of anilines is 1. The molecule has 0 amide bonds. The van der Waals surface area contributed by atoms with Crippen molar-refractivity contribution >= 4 is 15.9 Å². The van der Waals surface area contributed by atoms with E-state index in [1.807, 2.05) is 12.1 Å². The lowest BCUT2D eigenvalue weighted by Gasteiger charge is -2.26. The first-order valence-electron chi connectivity index (χ1n) is 6.65. The second-order valence-electron chi connectivity index (χ2n) is 5.00. The highest BCUT2D eigenvalue weighted by molar-refractivity contribution is 7.90. The number of hydrogen-bond donors (Lipinski definition) is 2. The molecule has 0 radical (unpaired) electrons. The molecule has 1 saturated heterocycles. The first kappa shape index (κ1) is 14.3. The van der Waals surface area contributed by atoms with Crippen LogP contribution < -0.4 is 9.86 Å². The standard InChI is InChI=1S/C13H21N3O2S/c14-19(17,18)15-13-6-4-12(5-7-13)8-11-16-9-2-1-3-10-16/h4-7,15H,1-3,8-11H2,(H2,14,17,18). The van der Waals surface area contributed by atoms with Gasteiger partial charge in [0.2, 0.25) is 0 Å². The third-order valence-corrected chi connectivity index (χ3v) is 3.90. The van der Waals surface area contributed by atoms with E-state index in [0.29, 0.717) is 5.69 Å². The molecule has 0 saturated carbocycles. The molecule has 2 rings (SSSR count). The number of nitrogens with two attached hydrogens (primary N) is 1. The Bertz CT molecular complexity index is 493. The maximum absolute atomic E-state index is 10.9. The topological polar surface area (TPSA) is 75.4 Å². The van der Waals surface area contributed by atoms with Crippen LogP contribution in [0.3, 0.4) is 0 Å². The smallest absolute Gasteiger partial charge is 0.296 e. The van der Waals surface area contributed by atoms with Crippen LogP contribution in [0.1, 0.15) is 24.8 Å². The minimum Gasteiger partial charge on any atom is -0.303 e. The molecule has 1 aromatic carbocycles. The van der Waals surface area contributed by atoms with Crippen LogP contribution in [0.5, 0.6) is 0 Å². The number of hydrogen-bond acceptors (Lipinski definition) is 3. The highest BCUT2D eigenvalue weighted by atomic mass is 32.2. The zero-order valence-corrected chi connectivity index (χ0v) is 11.8. The quantitative estimate of drug-likeness (QED) is 0.856. The Morgan fingerprint density at radius 3 is 2.32 bits per heavy atom. The van der Waals surface area contributed by atoms with Gasteiger partial charge in [0.15, 0.2) is 0 Å². The molecular weight excluding hydrogens is 262 g/mol. The lowest BCUT2D eigenvalue weighted by molar-refractivity contribution is 0.231. The summed E-state index contributed by atoms with van der Waals surface area (Å²) in [5.41, 5.74) is 1.72. The van der Waals surface area contributed by atoms with Crippen molar-refractivity contribution in [2.45, 2.75) is 25.7 Å². The van der Waals surface area contributed by atoms with Crippen molar-refractivity contribution in [1.82, 2.24) is 4.90 Å². The molecule has 1 aliphatic rings.